The van der Waals surface area contributed by atoms with Gasteiger partial charge in [-0.3, -0.25) is 14.5 Å². The number of carbonyl (C=O) groups is 2. The zero-order valence-corrected chi connectivity index (χ0v) is 12.0. The van der Waals surface area contributed by atoms with Crippen molar-refractivity contribution in [1.29, 1.82) is 0 Å². The van der Waals surface area contributed by atoms with E-state index in [4.69, 9.17) is 0 Å². The van der Waals surface area contributed by atoms with Crippen molar-refractivity contribution in [3.05, 3.63) is 42.0 Å². The molecular weight excluding hydrogens is 262 g/mol. The van der Waals surface area contributed by atoms with Crippen LogP contribution >= 0.6 is 0 Å². The van der Waals surface area contributed by atoms with Gasteiger partial charge in [0.1, 0.15) is 0 Å². The molecule has 2 saturated carbocycles. The van der Waals surface area contributed by atoms with E-state index in [1.165, 1.54) is 17.7 Å². The van der Waals surface area contributed by atoms with Crippen LogP contribution in [-0.4, -0.2) is 11.8 Å². The van der Waals surface area contributed by atoms with Gasteiger partial charge in [0.2, 0.25) is 11.8 Å². The molecule has 0 radical (unpaired) electrons. The molecule has 1 saturated heterocycles. The number of anilines is 1. The summed E-state index contributed by atoms with van der Waals surface area (Å²) < 4.78 is 0. The highest BCUT2D eigenvalue weighted by molar-refractivity contribution is 6.23. The van der Waals surface area contributed by atoms with Crippen molar-refractivity contribution < 1.29 is 9.59 Å². The average Bonchev–Trinajstić information content (AvgIpc) is 3.05. The van der Waals surface area contributed by atoms with E-state index in [0.717, 1.165) is 11.3 Å². The van der Waals surface area contributed by atoms with Crippen molar-refractivity contribution in [3.63, 3.8) is 0 Å². The Bertz CT molecular complexity index is 682. The van der Waals surface area contributed by atoms with Crippen molar-refractivity contribution in [1.82, 2.24) is 0 Å². The van der Waals surface area contributed by atoms with Gasteiger partial charge in [0.05, 0.1) is 17.5 Å². The van der Waals surface area contributed by atoms with Crippen LogP contribution in [-0.2, 0) is 9.59 Å². The summed E-state index contributed by atoms with van der Waals surface area (Å²) in [5.74, 6) is 0.459. The number of rotatable bonds is 1. The molecule has 1 spiro atoms. The van der Waals surface area contributed by atoms with Gasteiger partial charge in [0.15, 0.2) is 0 Å². The predicted octanol–water partition coefficient (Wildman–Crippen LogP) is 2.70. The number of benzene rings is 1. The molecule has 0 unspecified atom stereocenters. The minimum absolute atomic E-state index is 0.0266. The third-order valence-corrected chi connectivity index (χ3v) is 6.11. The molecule has 1 aromatic rings. The number of hydrogen-bond donors (Lipinski definition) is 0. The van der Waals surface area contributed by atoms with Crippen LogP contribution in [0.3, 0.4) is 0 Å². The Morgan fingerprint density at radius 1 is 1.05 bits per heavy atom. The van der Waals surface area contributed by atoms with E-state index in [1.54, 1.807) is 0 Å². The van der Waals surface area contributed by atoms with Gasteiger partial charge >= 0.3 is 0 Å². The van der Waals surface area contributed by atoms with Gasteiger partial charge in [-0.1, -0.05) is 24.3 Å². The van der Waals surface area contributed by atoms with E-state index in [-0.39, 0.29) is 29.1 Å². The van der Waals surface area contributed by atoms with E-state index in [1.807, 2.05) is 31.2 Å². The lowest BCUT2D eigenvalue weighted by Gasteiger charge is -2.21. The summed E-state index contributed by atoms with van der Waals surface area (Å²) in [6.07, 6.45) is 6.80. The predicted molar refractivity (Wildman–Crippen MR) is 78.4 cm³/mol. The maximum atomic E-state index is 12.9. The van der Waals surface area contributed by atoms with Crippen LogP contribution < -0.4 is 4.90 Å². The van der Waals surface area contributed by atoms with Crippen molar-refractivity contribution in [3.8, 4) is 0 Å². The monoisotopic (exact) mass is 279 g/mol. The zero-order valence-electron chi connectivity index (χ0n) is 12.0. The van der Waals surface area contributed by atoms with Gasteiger partial charge in [-0.2, -0.15) is 0 Å². The molecule has 2 bridgehead atoms. The molecule has 2 amide bonds. The number of allylic oxidation sites excluding steroid dienone is 2. The molecule has 21 heavy (non-hydrogen) atoms. The average molecular weight is 279 g/mol. The number of fused-ring (bicyclic) bond motifs is 3. The first kappa shape index (κ1) is 11.7. The Morgan fingerprint density at radius 3 is 2.19 bits per heavy atom. The third kappa shape index (κ3) is 1.22. The molecule has 4 atom stereocenters. The number of carbonyl (C=O) groups excluding carboxylic acids is 2. The van der Waals surface area contributed by atoms with E-state index in [9.17, 15) is 9.59 Å². The maximum absolute atomic E-state index is 12.9. The summed E-state index contributed by atoms with van der Waals surface area (Å²) in [6, 6.07) is 7.69. The van der Waals surface area contributed by atoms with Crippen molar-refractivity contribution >= 4 is 17.5 Å². The molecule has 3 nitrogen and oxygen atoms in total. The molecule has 0 aromatic heterocycles. The lowest BCUT2D eigenvalue weighted by Crippen LogP contribution is -2.34. The molecule has 3 aliphatic carbocycles. The fourth-order valence-electron chi connectivity index (χ4n) is 5.10. The SMILES string of the molecule is Cc1cccc(N2C(=O)[C@@H]3[C@@H](C2=O)[C@@H]2C=C[C@@H]3C23CC3)c1. The summed E-state index contributed by atoms with van der Waals surface area (Å²) in [5, 5.41) is 0. The van der Waals surface area contributed by atoms with Crippen LogP contribution in [0, 0.1) is 36.0 Å². The quantitative estimate of drug-likeness (QED) is 0.585. The van der Waals surface area contributed by atoms with E-state index in [0.29, 0.717) is 11.8 Å². The van der Waals surface area contributed by atoms with Crippen LogP contribution in [0.15, 0.2) is 36.4 Å². The van der Waals surface area contributed by atoms with Crippen molar-refractivity contribution in [2.75, 3.05) is 4.90 Å². The minimum atomic E-state index is -0.101. The Labute approximate surface area is 123 Å². The Hall–Kier alpha value is -1.90. The van der Waals surface area contributed by atoms with Crippen LogP contribution in [0.25, 0.3) is 0 Å². The number of hydrogen-bond acceptors (Lipinski definition) is 2. The van der Waals surface area contributed by atoms with Crippen molar-refractivity contribution in [2.24, 2.45) is 29.1 Å². The van der Waals surface area contributed by atoms with E-state index in [2.05, 4.69) is 12.2 Å². The van der Waals surface area contributed by atoms with Gasteiger partial charge in [-0.05, 0) is 54.7 Å². The largest absolute Gasteiger partial charge is 0.274 e. The lowest BCUT2D eigenvalue weighted by molar-refractivity contribution is -0.123. The maximum Gasteiger partial charge on any atom is 0.238 e. The fourth-order valence-corrected chi connectivity index (χ4v) is 5.10. The highest BCUT2D eigenvalue weighted by Gasteiger charge is 2.73. The van der Waals surface area contributed by atoms with Gasteiger partial charge < -0.3 is 0 Å². The number of amides is 2. The number of imide groups is 1. The van der Waals surface area contributed by atoms with Crippen molar-refractivity contribution in [2.45, 2.75) is 19.8 Å². The standard InChI is InChI=1S/C18H17NO2/c1-10-3-2-4-11(9-10)19-16(20)14-12-5-6-13(15(14)17(19)21)18(12)7-8-18/h2-6,9,12-15H,7-8H2,1H3/t12-,13-,14-,15-/m0/s1. The molecule has 3 fully saturated rings. The molecule has 1 aromatic carbocycles. The normalized spacial score (nSPS) is 37.7. The molecule has 1 heterocycles. The molecule has 1 aliphatic heterocycles. The third-order valence-electron chi connectivity index (χ3n) is 6.11. The van der Waals surface area contributed by atoms with E-state index < -0.39 is 0 Å². The Kier molecular flexibility index (Phi) is 1.93. The fraction of sp³-hybridized carbons (Fsp3) is 0.444. The van der Waals surface area contributed by atoms with Gasteiger partial charge in [0, 0.05) is 0 Å². The Balaban J connectivity index is 1.59. The highest BCUT2D eigenvalue weighted by Crippen LogP contribution is 2.73. The van der Waals surface area contributed by atoms with Crippen LogP contribution in [0.2, 0.25) is 0 Å². The summed E-state index contributed by atoms with van der Waals surface area (Å²) >= 11 is 0. The molecule has 0 N–H and O–H groups in total. The molecule has 4 aliphatic rings. The highest BCUT2D eigenvalue weighted by atomic mass is 16.2. The lowest BCUT2D eigenvalue weighted by atomic mass is 9.85. The van der Waals surface area contributed by atoms with Crippen LogP contribution in [0.4, 0.5) is 5.69 Å². The molecule has 5 rings (SSSR count). The summed E-state index contributed by atoms with van der Waals surface area (Å²) in [6.45, 7) is 1.99. The molecule has 106 valence electrons. The topological polar surface area (TPSA) is 37.4 Å². The van der Waals surface area contributed by atoms with Gasteiger partial charge in [-0.15, -0.1) is 0 Å². The molecule has 3 heteroatoms. The van der Waals surface area contributed by atoms with Crippen LogP contribution in [0.5, 0.6) is 0 Å². The van der Waals surface area contributed by atoms with Crippen LogP contribution in [0.1, 0.15) is 18.4 Å². The first-order chi connectivity index (χ1) is 10.1. The second kappa shape index (κ2) is 3.46. The smallest absolute Gasteiger partial charge is 0.238 e. The molecular formula is C18H17NO2. The van der Waals surface area contributed by atoms with Gasteiger partial charge in [-0.25, -0.2) is 0 Å². The summed E-state index contributed by atoms with van der Waals surface area (Å²) in [7, 11) is 0. The summed E-state index contributed by atoms with van der Waals surface area (Å²) in [4.78, 5) is 27.2. The number of aryl methyl sites for hydroxylation is 1. The zero-order chi connectivity index (χ0) is 14.4. The Morgan fingerprint density at radius 2 is 1.67 bits per heavy atom. The van der Waals surface area contributed by atoms with Gasteiger partial charge in [0.25, 0.3) is 0 Å². The first-order valence-corrected chi connectivity index (χ1v) is 7.76. The summed E-state index contributed by atoms with van der Waals surface area (Å²) in [5.41, 5.74) is 2.09. The minimum Gasteiger partial charge on any atom is -0.274 e. The first-order valence-electron chi connectivity index (χ1n) is 7.76. The second-order valence-electron chi connectivity index (χ2n) is 7.07. The van der Waals surface area contributed by atoms with E-state index >= 15 is 0 Å². The second-order valence-corrected chi connectivity index (χ2v) is 7.07. The number of nitrogens with zero attached hydrogens (tertiary/aromatic N) is 1.